The molecule has 0 spiro atoms. The van der Waals surface area contributed by atoms with E-state index in [4.69, 9.17) is 14.6 Å². The third-order valence-electron chi connectivity index (χ3n) is 1.55. The van der Waals surface area contributed by atoms with Gasteiger partial charge in [-0.15, -0.1) is 0 Å². The van der Waals surface area contributed by atoms with E-state index >= 15 is 0 Å². The Bertz CT molecular complexity index is 232. The SMILES string of the molecule is CC(O)c1coc(CCCO)n1. The maximum Gasteiger partial charge on any atom is 0.194 e. The Kier molecular flexibility index (Phi) is 3.25. The fraction of sp³-hybridized carbons (Fsp3) is 0.625. The van der Waals surface area contributed by atoms with Crippen LogP contribution in [0.3, 0.4) is 0 Å². The molecule has 0 bridgehead atoms. The summed E-state index contributed by atoms with van der Waals surface area (Å²) in [5.74, 6) is 0.569. The molecule has 1 heterocycles. The molecular weight excluding hydrogens is 158 g/mol. The molecule has 0 aliphatic heterocycles. The van der Waals surface area contributed by atoms with E-state index in [0.717, 1.165) is 0 Å². The summed E-state index contributed by atoms with van der Waals surface area (Å²) in [6.07, 6.45) is 2.11. The number of hydrogen-bond donors (Lipinski definition) is 2. The molecule has 0 amide bonds. The van der Waals surface area contributed by atoms with Gasteiger partial charge < -0.3 is 14.6 Å². The lowest BCUT2D eigenvalue weighted by atomic mass is 10.3. The zero-order valence-corrected chi connectivity index (χ0v) is 7.03. The van der Waals surface area contributed by atoms with Gasteiger partial charge >= 0.3 is 0 Å². The molecule has 2 N–H and O–H groups in total. The molecule has 68 valence electrons. The zero-order valence-electron chi connectivity index (χ0n) is 7.03. The summed E-state index contributed by atoms with van der Waals surface area (Å²) in [4.78, 5) is 4.02. The van der Waals surface area contributed by atoms with Crippen molar-refractivity contribution < 1.29 is 14.6 Å². The number of aliphatic hydroxyl groups excluding tert-OH is 2. The van der Waals surface area contributed by atoms with E-state index < -0.39 is 6.10 Å². The first-order valence-corrected chi connectivity index (χ1v) is 3.97. The zero-order chi connectivity index (χ0) is 8.97. The molecule has 1 aromatic heterocycles. The minimum Gasteiger partial charge on any atom is -0.449 e. The number of aromatic nitrogens is 1. The van der Waals surface area contributed by atoms with Crippen molar-refractivity contribution in [2.45, 2.75) is 25.9 Å². The van der Waals surface area contributed by atoms with Gasteiger partial charge in [-0.05, 0) is 13.3 Å². The first-order valence-electron chi connectivity index (χ1n) is 3.97. The number of hydrogen-bond acceptors (Lipinski definition) is 4. The molecular formula is C8H13NO3. The number of nitrogens with zero attached hydrogens (tertiary/aromatic N) is 1. The van der Waals surface area contributed by atoms with Crippen LogP contribution in [0.15, 0.2) is 10.7 Å². The fourth-order valence-electron chi connectivity index (χ4n) is 0.862. The molecule has 4 heteroatoms. The monoisotopic (exact) mass is 171 g/mol. The normalized spacial score (nSPS) is 13.2. The molecule has 1 unspecified atom stereocenters. The molecule has 1 rings (SSSR count). The van der Waals surface area contributed by atoms with E-state index in [-0.39, 0.29) is 6.61 Å². The Hall–Kier alpha value is -0.870. The van der Waals surface area contributed by atoms with Crippen molar-refractivity contribution in [1.29, 1.82) is 0 Å². The van der Waals surface area contributed by atoms with Gasteiger partial charge in [0, 0.05) is 13.0 Å². The van der Waals surface area contributed by atoms with Crippen molar-refractivity contribution in [3.05, 3.63) is 17.8 Å². The van der Waals surface area contributed by atoms with Gasteiger partial charge in [-0.3, -0.25) is 0 Å². The highest BCUT2D eigenvalue weighted by molar-refractivity contribution is 4.99. The molecule has 4 nitrogen and oxygen atoms in total. The molecule has 0 fully saturated rings. The average Bonchev–Trinajstić information content (AvgIpc) is 2.48. The third kappa shape index (κ3) is 2.32. The minimum absolute atomic E-state index is 0.131. The summed E-state index contributed by atoms with van der Waals surface area (Å²) in [6.45, 7) is 1.76. The maximum atomic E-state index is 9.09. The average molecular weight is 171 g/mol. The van der Waals surface area contributed by atoms with Gasteiger partial charge in [0.2, 0.25) is 0 Å². The summed E-state index contributed by atoms with van der Waals surface area (Å²) in [6, 6.07) is 0. The number of oxazole rings is 1. The fourth-order valence-corrected chi connectivity index (χ4v) is 0.862. The largest absolute Gasteiger partial charge is 0.449 e. The van der Waals surface area contributed by atoms with Crippen molar-refractivity contribution in [3.63, 3.8) is 0 Å². The minimum atomic E-state index is -0.586. The Labute approximate surface area is 70.9 Å². The van der Waals surface area contributed by atoms with Gasteiger partial charge in [-0.1, -0.05) is 0 Å². The predicted octanol–water partition coefficient (Wildman–Crippen LogP) is 0.653. The van der Waals surface area contributed by atoms with Gasteiger partial charge in [0.15, 0.2) is 5.89 Å². The first-order chi connectivity index (χ1) is 5.74. The molecule has 0 aromatic carbocycles. The Balaban J connectivity index is 2.52. The van der Waals surface area contributed by atoms with Crippen LogP contribution in [0.1, 0.15) is 31.0 Å². The quantitative estimate of drug-likeness (QED) is 0.698. The summed E-state index contributed by atoms with van der Waals surface area (Å²) in [5.41, 5.74) is 0.544. The van der Waals surface area contributed by atoms with Crippen LogP contribution < -0.4 is 0 Å². The number of aryl methyl sites for hydroxylation is 1. The highest BCUT2D eigenvalue weighted by Crippen LogP contribution is 2.11. The van der Waals surface area contributed by atoms with Gasteiger partial charge in [0.25, 0.3) is 0 Å². The summed E-state index contributed by atoms with van der Waals surface area (Å²) in [7, 11) is 0. The van der Waals surface area contributed by atoms with Gasteiger partial charge in [-0.25, -0.2) is 4.98 Å². The van der Waals surface area contributed by atoms with E-state index in [1.54, 1.807) is 6.92 Å². The van der Waals surface area contributed by atoms with Gasteiger partial charge in [0.05, 0.1) is 6.10 Å². The third-order valence-corrected chi connectivity index (χ3v) is 1.55. The Morgan fingerprint density at radius 3 is 2.92 bits per heavy atom. The lowest BCUT2D eigenvalue weighted by Gasteiger charge is -1.94. The van der Waals surface area contributed by atoms with Crippen LogP contribution in [0.25, 0.3) is 0 Å². The highest BCUT2D eigenvalue weighted by Gasteiger charge is 2.07. The second-order valence-electron chi connectivity index (χ2n) is 2.67. The predicted molar refractivity (Wildman–Crippen MR) is 42.5 cm³/mol. The molecule has 0 aliphatic carbocycles. The van der Waals surface area contributed by atoms with Crippen LogP contribution in [0.4, 0.5) is 0 Å². The second kappa shape index (κ2) is 4.23. The molecule has 0 radical (unpaired) electrons. The smallest absolute Gasteiger partial charge is 0.194 e. The second-order valence-corrected chi connectivity index (χ2v) is 2.67. The van der Waals surface area contributed by atoms with E-state index in [9.17, 15) is 0 Å². The summed E-state index contributed by atoms with van der Waals surface area (Å²) >= 11 is 0. The Morgan fingerprint density at radius 1 is 1.67 bits per heavy atom. The highest BCUT2D eigenvalue weighted by atomic mass is 16.3. The van der Waals surface area contributed by atoms with E-state index in [1.807, 2.05) is 0 Å². The molecule has 1 aromatic rings. The lowest BCUT2D eigenvalue weighted by molar-refractivity contribution is 0.194. The molecule has 12 heavy (non-hydrogen) atoms. The Morgan fingerprint density at radius 2 is 2.42 bits per heavy atom. The van der Waals surface area contributed by atoms with E-state index in [0.29, 0.717) is 24.4 Å². The topological polar surface area (TPSA) is 66.5 Å². The summed E-state index contributed by atoms with van der Waals surface area (Å²) < 4.78 is 5.05. The van der Waals surface area contributed by atoms with Crippen molar-refractivity contribution in [1.82, 2.24) is 4.98 Å². The number of aliphatic hydroxyl groups is 2. The van der Waals surface area contributed by atoms with Crippen LogP contribution >= 0.6 is 0 Å². The number of rotatable bonds is 4. The standard InChI is InChI=1S/C8H13NO3/c1-6(11)7-5-12-8(9-7)3-2-4-10/h5-6,10-11H,2-4H2,1H3. The molecule has 0 aliphatic rings. The first kappa shape index (κ1) is 9.22. The van der Waals surface area contributed by atoms with Crippen LogP contribution in [0, 0.1) is 0 Å². The molecule has 0 saturated carbocycles. The van der Waals surface area contributed by atoms with E-state index in [2.05, 4.69) is 4.98 Å². The van der Waals surface area contributed by atoms with Crippen molar-refractivity contribution in [2.24, 2.45) is 0 Å². The van der Waals surface area contributed by atoms with Crippen LogP contribution in [-0.4, -0.2) is 21.8 Å². The van der Waals surface area contributed by atoms with Crippen molar-refractivity contribution in [3.8, 4) is 0 Å². The molecule has 0 saturated heterocycles. The van der Waals surface area contributed by atoms with E-state index in [1.165, 1.54) is 6.26 Å². The van der Waals surface area contributed by atoms with Crippen LogP contribution in [0.5, 0.6) is 0 Å². The van der Waals surface area contributed by atoms with Gasteiger partial charge in [-0.2, -0.15) is 0 Å². The van der Waals surface area contributed by atoms with Crippen LogP contribution in [-0.2, 0) is 6.42 Å². The van der Waals surface area contributed by atoms with Crippen molar-refractivity contribution in [2.75, 3.05) is 6.61 Å². The van der Waals surface area contributed by atoms with Crippen LogP contribution in [0.2, 0.25) is 0 Å². The lowest BCUT2D eigenvalue weighted by Crippen LogP contribution is -1.93. The van der Waals surface area contributed by atoms with Gasteiger partial charge in [0.1, 0.15) is 12.0 Å². The maximum absolute atomic E-state index is 9.09. The molecule has 1 atom stereocenters. The summed E-state index contributed by atoms with van der Waals surface area (Å²) in [5, 5.41) is 17.6. The van der Waals surface area contributed by atoms with Crippen molar-refractivity contribution >= 4 is 0 Å².